The number of nitrogens with zero attached hydrogens (tertiary/aromatic N) is 5. The summed E-state index contributed by atoms with van der Waals surface area (Å²) in [6.07, 6.45) is 2.80. The lowest BCUT2D eigenvalue weighted by Gasteiger charge is -2.35. The Morgan fingerprint density at radius 2 is 1.98 bits per heavy atom. The van der Waals surface area contributed by atoms with Crippen LogP contribution in [0.25, 0.3) is 27.3 Å². The number of ether oxygens (including phenoxy) is 1. The number of hydrogen-bond donors (Lipinski definition) is 0. The minimum atomic E-state index is -1.05. The predicted octanol–water partition coefficient (Wildman–Crippen LogP) is 6.08. The molecule has 0 radical (unpaired) electrons. The van der Waals surface area contributed by atoms with Gasteiger partial charge in [-0.1, -0.05) is 22.6 Å². The average Bonchev–Trinajstić information content (AvgIpc) is 3.66. The molecule has 1 fully saturated rings. The van der Waals surface area contributed by atoms with Gasteiger partial charge in [0.2, 0.25) is 5.91 Å². The molecule has 0 saturated carbocycles. The molecule has 1 aliphatic heterocycles. The molecule has 0 bridgehead atoms. The number of piperidine rings is 1. The van der Waals surface area contributed by atoms with Gasteiger partial charge in [-0.3, -0.25) is 9.36 Å². The molecule has 1 saturated heterocycles. The summed E-state index contributed by atoms with van der Waals surface area (Å²) in [7, 11) is 1.29. The van der Waals surface area contributed by atoms with Crippen LogP contribution in [-0.2, 0) is 9.53 Å². The van der Waals surface area contributed by atoms with Crippen LogP contribution in [0, 0.1) is 25.5 Å². The fourth-order valence-corrected chi connectivity index (χ4v) is 6.07. The highest BCUT2D eigenvalue weighted by Crippen LogP contribution is 2.40. The number of thiazole rings is 1. The van der Waals surface area contributed by atoms with Gasteiger partial charge >= 0.3 is 5.97 Å². The van der Waals surface area contributed by atoms with Crippen LogP contribution in [0.2, 0.25) is 0 Å². The number of halogens is 2. The van der Waals surface area contributed by atoms with Crippen LogP contribution in [0.3, 0.4) is 0 Å². The van der Waals surface area contributed by atoms with Gasteiger partial charge < -0.3 is 14.2 Å². The van der Waals surface area contributed by atoms with E-state index in [1.807, 2.05) is 32.0 Å². The van der Waals surface area contributed by atoms with Gasteiger partial charge in [0.25, 0.3) is 0 Å². The molecule has 9 nitrogen and oxygen atoms in total. The number of rotatable bonds is 5. The van der Waals surface area contributed by atoms with E-state index in [1.165, 1.54) is 24.3 Å². The van der Waals surface area contributed by atoms with Gasteiger partial charge in [-0.2, -0.15) is 0 Å². The molecule has 1 atom stereocenters. The Morgan fingerprint density at radius 1 is 1.15 bits per heavy atom. The number of imidazole rings is 1. The van der Waals surface area contributed by atoms with Crippen molar-refractivity contribution in [3.63, 3.8) is 0 Å². The van der Waals surface area contributed by atoms with Crippen molar-refractivity contribution in [1.29, 1.82) is 0 Å². The molecule has 40 heavy (non-hydrogen) atoms. The van der Waals surface area contributed by atoms with E-state index in [-0.39, 0.29) is 18.0 Å². The van der Waals surface area contributed by atoms with E-state index in [4.69, 9.17) is 14.2 Å². The van der Waals surface area contributed by atoms with E-state index < -0.39 is 23.6 Å². The number of fused-ring (bicyclic) bond motifs is 1. The maximum absolute atomic E-state index is 14.3. The molecule has 4 heterocycles. The third-order valence-corrected chi connectivity index (χ3v) is 7.96. The average molecular weight is 564 g/mol. The van der Waals surface area contributed by atoms with Gasteiger partial charge in [0.05, 0.1) is 36.1 Å². The van der Waals surface area contributed by atoms with E-state index in [0.717, 1.165) is 40.3 Å². The first-order valence-corrected chi connectivity index (χ1v) is 13.4. The summed E-state index contributed by atoms with van der Waals surface area (Å²) in [4.78, 5) is 36.7. The summed E-state index contributed by atoms with van der Waals surface area (Å²) < 4.78 is 40.0. The lowest BCUT2D eigenvalue weighted by Crippen LogP contribution is -2.39. The number of benzene rings is 2. The van der Waals surface area contributed by atoms with Gasteiger partial charge in [0.15, 0.2) is 16.8 Å². The van der Waals surface area contributed by atoms with Gasteiger partial charge in [0.1, 0.15) is 16.5 Å². The zero-order valence-corrected chi connectivity index (χ0v) is 22.6. The Morgan fingerprint density at radius 3 is 2.70 bits per heavy atom. The molecule has 5 aromatic rings. The van der Waals surface area contributed by atoms with Gasteiger partial charge in [-0.25, -0.2) is 23.5 Å². The Balaban J connectivity index is 1.56. The number of hydrogen-bond acceptors (Lipinski definition) is 8. The third kappa shape index (κ3) is 4.24. The normalized spacial score (nSPS) is 15.7. The lowest BCUT2D eigenvalue weighted by molar-refractivity contribution is -0.120. The molecular weight excluding hydrogens is 540 g/mol. The van der Waals surface area contributed by atoms with E-state index >= 15 is 0 Å². The van der Waals surface area contributed by atoms with Crippen molar-refractivity contribution in [1.82, 2.24) is 19.7 Å². The summed E-state index contributed by atoms with van der Waals surface area (Å²) >= 11 is 1.12. The zero-order valence-electron chi connectivity index (χ0n) is 21.8. The Hall–Kier alpha value is -4.45. The molecule has 1 aliphatic rings. The molecule has 0 spiro atoms. The molecule has 204 valence electrons. The second-order valence-corrected chi connectivity index (χ2v) is 10.5. The van der Waals surface area contributed by atoms with E-state index in [2.05, 4.69) is 10.1 Å². The van der Waals surface area contributed by atoms with Gasteiger partial charge in [-0.05, 0) is 56.5 Å². The van der Waals surface area contributed by atoms with Crippen LogP contribution in [0.15, 0.2) is 47.1 Å². The fraction of sp³-hybridized carbons (Fsp3) is 0.250. The molecule has 0 unspecified atom stereocenters. The first kappa shape index (κ1) is 25.8. The monoisotopic (exact) mass is 563 g/mol. The number of anilines is 1. The van der Waals surface area contributed by atoms with E-state index in [1.54, 1.807) is 4.57 Å². The summed E-state index contributed by atoms with van der Waals surface area (Å²) in [6, 6.07) is 8.52. The highest BCUT2D eigenvalue weighted by atomic mass is 32.1. The summed E-state index contributed by atoms with van der Waals surface area (Å²) in [5.41, 5.74) is 3.99. The predicted molar refractivity (Wildman–Crippen MR) is 143 cm³/mol. The summed E-state index contributed by atoms with van der Waals surface area (Å²) in [5.74, 6) is -1.65. The number of methoxy groups -OCH3 is 1. The molecule has 3 aromatic heterocycles. The van der Waals surface area contributed by atoms with Crippen LogP contribution in [0.1, 0.15) is 52.3 Å². The molecule has 1 amide bonds. The fourth-order valence-electron chi connectivity index (χ4n) is 5.21. The van der Waals surface area contributed by atoms with Crippen LogP contribution >= 0.6 is 11.3 Å². The minimum absolute atomic E-state index is 0.230. The SMILES string of the molecule is COC(=O)c1cnc(-n2c([C@@H]3CCCC(=O)N3c3ccc(F)c(F)c3)nc3cc(-c4c(C)noc4C)ccc32)s1. The number of amides is 1. The molecule has 0 N–H and O–H groups in total. The van der Waals surface area contributed by atoms with Crippen molar-refractivity contribution >= 4 is 39.9 Å². The largest absolute Gasteiger partial charge is 0.465 e. The molecule has 2 aromatic carbocycles. The number of aryl methyl sites for hydroxylation is 2. The number of aromatic nitrogens is 4. The smallest absolute Gasteiger partial charge is 0.349 e. The molecule has 6 rings (SSSR count). The van der Waals surface area contributed by atoms with Gasteiger partial charge in [-0.15, -0.1) is 0 Å². The molecule has 12 heteroatoms. The summed E-state index contributed by atoms with van der Waals surface area (Å²) in [5, 5.41) is 4.50. The maximum atomic E-state index is 14.3. The second-order valence-electron chi connectivity index (χ2n) is 9.48. The van der Waals surface area contributed by atoms with Crippen LogP contribution in [0.4, 0.5) is 14.5 Å². The first-order valence-electron chi connectivity index (χ1n) is 12.5. The number of esters is 1. The maximum Gasteiger partial charge on any atom is 0.349 e. The van der Waals surface area contributed by atoms with Crippen molar-refractivity contribution in [3.05, 3.63) is 76.4 Å². The van der Waals surface area contributed by atoms with Crippen molar-refractivity contribution in [2.45, 2.75) is 39.2 Å². The van der Waals surface area contributed by atoms with Gasteiger partial charge in [0, 0.05) is 23.7 Å². The quantitative estimate of drug-likeness (QED) is 0.239. The van der Waals surface area contributed by atoms with Crippen LogP contribution in [0.5, 0.6) is 0 Å². The highest BCUT2D eigenvalue weighted by molar-refractivity contribution is 7.16. The van der Waals surface area contributed by atoms with Crippen molar-refractivity contribution in [2.75, 3.05) is 12.0 Å². The third-order valence-electron chi connectivity index (χ3n) is 7.00. The molecular formula is C28H23F2N5O4S. The highest BCUT2D eigenvalue weighted by Gasteiger charge is 2.35. The summed E-state index contributed by atoms with van der Waals surface area (Å²) in [6.45, 7) is 3.69. The van der Waals surface area contributed by atoms with Crippen molar-refractivity contribution < 1.29 is 27.6 Å². The minimum Gasteiger partial charge on any atom is -0.465 e. The van der Waals surface area contributed by atoms with Crippen molar-refractivity contribution in [3.8, 4) is 16.3 Å². The first-order chi connectivity index (χ1) is 19.3. The number of carbonyl (C=O) groups excluding carboxylic acids is 2. The second kappa shape index (κ2) is 9.94. The van der Waals surface area contributed by atoms with E-state index in [9.17, 15) is 18.4 Å². The standard InChI is InChI=1S/C28H23F2N5O4S/c1-14-25(15(2)39-33-14)16-7-10-21-20(11-16)32-26(35(21)28-31-13-23(40-28)27(37)38-3)22-5-4-6-24(36)34(22)17-8-9-18(29)19(30)12-17/h7-13,22H,4-6H2,1-3H3/t22-/m0/s1. The van der Waals surface area contributed by atoms with Crippen LogP contribution in [-0.4, -0.2) is 38.7 Å². The Bertz CT molecular complexity index is 1770. The zero-order chi connectivity index (χ0) is 28.1. The number of carbonyl (C=O) groups is 2. The molecule has 0 aliphatic carbocycles. The lowest BCUT2D eigenvalue weighted by atomic mass is 9.99. The Kier molecular flexibility index (Phi) is 6.41. The van der Waals surface area contributed by atoms with E-state index in [0.29, 0.717) is 45.5 Å². The van der Waals surface area contributed by atoms with Crippen molar-refractivity contribution in [2.24, 2.45) is 0 Å². The Labute approximate surface area is 231 Å². The topological polar surface area (TPSA) is 103 Å². The van der Waals surface area contributed by atoms with Crippen LogP contribution < -0.4 is 4.90 Å².